The Morgan fingerprint density at radius 3 is 2.37 bits per heavy atom. The average Bonchev–Trinajstić information content (AvgIpc) is 3.24. The maximum Gasteiger partial charge on any atom is 0.0542 e. The van der Waals surface area contributed by atoms with Crippen LogP contribution in [0.5, 0.6) is 0 Å². The van der Waals surface area contributed by atoms with E-state index >= 15 is 0 Å². The Morgan fingerprint density at radius 2 is 1.74 bits per heavy atom. The van der Waals surface area contributed by atoms with Crippen molar-refractivity contribution in [3.63, 3.8) is 0 Å². The summed E-state index contributed by atoms with van der Waals surface area (Å²) in [6, 6.07) is 17.9. The molecule has 1 N–H and O–H groups in total. The maximum absolute atomic E-state index is 3.74. The van der Waals surface area contributed by atoms with Gasteiger partial charge in [0.2, 0.25) is 0 Å². The van der Waals surface area contributed by atoms with E-state index in [2.05, 4.69) is 83.4 Å². The summed E-state index contributed by atoms with van der Waals surface area (Å²) in [5.74, 6) is 0.790. The second-order valence-electron chi connectivity index (χ2n) is 5.35. The molecule has 1 nitrogen and oxygen atoms in total. The molecule has 98 valence electrons. The number of para-hydroxylation sites is 1. The van der Waals surface area contributed by atoms with E-state index in [-0.39, 0.29) is 0 Å². The fourth-order valence-corrected chi connectivity index (χ4v) is 2.97. The van der Waals surface area contributed by atoms with Crippen molar-refractivity contribution < 1.29 is 0 Å². The van der Waals surface area contributed by atoms with Gasteiger partial charge in [-0.2, -0.15) is 0 Å². The van der Waals surface area contributed by atoms with Crippen LogP contribution in [-0.4, -0.2) is 0 Å². The van der Waals surface area contributed by atoms with Crippen LogP contribution in [0.2, 0.25) is 0 Å². The molecule has 0 radical (unpaired) electrons. The lowest BCUT2D eigenvalue weighted by atomic mass is 10.0. The summed E-state index contributed by atoms with van der Waals surface area (Å²) in [6.45, 7) is 2.14. The van der Waals surface area contributed by atoms with Crippen LogP contribution in [0.25, 0.3) is 0 Å². The maximum atomic E-state index is 3.74. The van der Waals surface area contributed by atoms with Gasteiger partial charge in [-0.1, -0.05) is 42.0 Å². The van der Waals surface area contributed by atoms with Crippen LogP contribution in [0.1, 0.15) is 30.0 Å². The van der Waals surface area contributed by atoms with Crippen LogP contribution in [0, 0.1) is 16.4 Å². The van der Waals surface area contributed by atoms with Gasteiger partial charge in [-0.3, -0.25) is 0 Å². The SMILES string of the molecule is Cc1ccc(C(Nc2ccccc2I)C2CC2)cc1. The smallest absolute Gasteiger partial charge is 0.0542 e. The molecule has 0 heterocycles. The highest BCUT2D eigenvalue weighted by Crippen LogP contribution is 2.43. The topological polar surface area (TPSA) is 12.0 Å². The Kier molecular flexibility index (Phi) is 3.78. The highest BCUT2D eigenvalue weighted by atomic mass is 127. The van der Waals surface area contributed by atoms with Crippen molar-refractivity contribution in [3.05, 3.63) is 63.2 Å². The Balaban J connectivity index is 1.86. The minimum atomic E-state index is 0.455. The van der Waals surface area contributed by atoms with Crippen LogP contribution >= 0.6 is 22.6 Å². The molecule has 0 aromatic heterocycles. The van der Waals surface area contributed by atoms with Crippen molar-refractivity contribution in [3.8, 4) is 0 Å². The highest BCUT2D eigenvalue weighted by Gasteiger charge is 2.32. The first-order valence-electron chi connectivity index (χ1n) is 6.81. The molecule has 1 fully saturated rings. The quantitative estimate of drug-likeness (QED) is 0.740. The summed E-state index contributed by atoms with van der Waals surface area (Å²) in [4.78, 5) is 0. The van der Waals surface area contributed by atoms with Crippen LogP contribution < -0.4 is 5.32 Å². The lowest BCUT2D eigenvalue weighted by Crippen LogP contribution is -2.13. The molecule has 1 aliphatic rings. The van der Waals surface area contributed by atoms with Gasteiger partial charge < -0.3 is 5.32 Å². The van der Waals surface area contributed by atoms with Crippen LogP contribution in [0.3, 0.4) is 0 Å². The molecule has 1 saturated carbocycles. The number of benzene rings is 2. The molecule has 2 aromatic carbocycles. The average molecular weight is 363 g/mol. The standard InChI is InChI=1S/C17H18IN/c1-12-6-8-13(9-7-12)17(14-10-11-14)19-16-5-3-2-4-15(16)18/h2-9,14,17,19H,10-11H2,1H3. The summed E-state index contributed by atoms with van der Waals surface area (Å²) in [6.07, 6.45) is 2.68. The van der Waals surface area contributed by atoms with E-state index in [9.17, 15) is 0 Å². The molecule has 0 amide bonds. The second-order valence-corrected chi connectivity index (χ2v) is 6.51. The summed E-state index contributed by atoms with van der Waals surface area (Å²) in [7, 11) is 0. The van der Waals surface area contributed by atoms with Crippen molar-refractivity contribution in [1.82, 2.24) is 0 Å². The first-order valence-corrected chi connectivity index (χ1v) is 7.89. The fourth-order valence-electron chi connectivity index (χ4n) is 2.42. The van der Waals surface area contributed by atoms with E-state index in [1.54, 1.807) is 0 Å². The third kappa shape index (κ3) is 3.11. The van der Waals surface area contributed by atoms with Gasteiger partial charge in [0.1, 0.15) is 0 Å². The van der Waals surface area contributed by atoms with Crippen molar-refractivity contribution in [2.75, 3.05) is 5.32 Å². The zero-order valence-electron chi connectivity index (χ0n) is 11.1. The number of anilines is 1. The van der Waals surface area contributed by atoms with E-state index in [1.165, 1.54) is 33.2 Å². The predicted molar refractivity (Wildman–Crippen MR) is 89.4 cm³/mol. The Bertz CT molecular complexity index is 558. The van der Waals surface area contributed by atoms with E-state index in [4.69, 9.17) is 0 Å². The number of hydrogen-bond acceptors (Lipinski definition) is 1. The van der Waals surface area contributed by atoms with Gasteiger partial charge >= 0.3 is 0 Å². The molecular formula is C17H18IN. The summed E-state index contributed by atoms with van der Waals surface area (Å²) in [5.41, 5.74) is 3.99. The van der Waals surface area contributed by atoms with Gasteiger partial charge in [0.25, 0.3) is 0 Å². The van der Waals surface area contributed by atoms with Crippen molar-refractivity contribution >= 4 is 28.3 Å². The Labute approximate surface area is 128 Å². The number of hydrogen-bond donors (Lipinski definition) is 1. The van der Waals surface area contributed by atoms with E-state index in [0.717, 1.165) is 5.92 Å². The number of nitrogens with one attached hydrogen (secondary N) is 1. The normalized spacial score (nSPS) is 16.1. The second kappa shape index (κ2) is 5.53. The Hall–Kier alpha value is -1.03. The molecule has 0 saturated heterocycles. The van der Waals surface area contributed by atoms with E-state index in [1.807, 2.05) is 0 Å². The van der Waals surface area contributed by atoms with Gasteiger partial charge in [0.05, 0.1) is 6.04 Å². The van der Waals surface area contributed by atoms with Gasteiger partial charge in [-0.25, -0.2) is 0 Å². The molecule has 2 aromatic rings. The first-order chi connectivity index (χ1) is 9.24. The van der Waals surface area contributed by atoms with Gasteiger partial charge in [-0.15, -0.1) is 0 Å². The van der Waals surface area contributed by atoms with E-state index < -0.39 is 0 Å². The molecule has 19 heavy (non-hydrogen) atoms. The lowest BCUT2D eigenvalue weighted by molar-refractivity contribution is 0.678. The van der Waals surface area contributed by atoms with Gasteiger partial charge in [0, 0.05) is 9.26 Å². The van der Waals surface area contributed by atoms with Crippen LogP contribution in [-0.2, 0) is 0 Å². The predicted octanol–water partition coefficient (Wildman–Crippen LogP) is 5.16. The van der Waals surface area contributed by atoms with Crippen molar-refractivity contribution in [1.29, 1.82) is 0 Å². The van der Waals surface area contributed by atoms with E-state index in [0.29, 0.717) is 6.04 Å². The molecule has 2 heteroatoms. The third-order valence-electron chi connectivity index (χ3n) is 3.71. The lowest BCUT2D eigenvalue weighted by Gasteiger charge is -2.21. The Morgan fingerprint density at radius 1 is 1.05 bits per heavy atom. The minimum absolute atomic E-state index is 0.455. The minimum Gasteiger partial charge on any atom is -0.377 e. The van der Waals surface area contributed by atoms with Gasteiger partial charge in [-0.05, 0) is 66.0 Å². The first kappa shape index (κ1) is 13.0. The largest absolute Gasteiger partial charge is 0.377 e. The molecule has 1 unspecified atom stereocenters. The molecule has 0 bridgehead atoms. The van der Waals surface area contributed by atoms with Crippen molar-refractivity contribution in [2.24, 2.45) is 5.92 Å². The molecule has 1 aliphatic carbocycles. The van der Waals surface area contributed by atoms with Gasteiger partial charge in [0.15, 0.2) is 0 Å². The monoisotopic (exact) mass is 363 g/mol. The molecular weight excluding hydrogens is 345 g/mol. The molecule has 1 atom stereocenters. The highest BCUT2D eigenvalue weighted by molar-refractivity contribution is 14.1. The fraction of sp³-hybridized carbons (Fsp3) is 0.294. The number of aryl methyl sites for hydroxylation is 1. The zero-order valence-corrected chi connectivity index (χ0v) is 13.2. The molecule has 0 spiro atoms. The zero-order chi connectivity index (χ0) is 13.2. The molecule has 0 aliphatic heterocycles. The molecule has 3 rings (SSSR count). The van der Waals surface area contributed by atoms with Crippen LogP contribution in [0.4, 0.5) is 5.69 Å². The van der Waals surface area contributed by atoms with Crippen LogP contribution in [0.15, 0.2) is 48.5 Å². The number of rotatable bonds is 4. The number of halogens is 1. The van der Waals surface area contributed by atoms with Crippen molar-refractivity contribution in [2.45, 2.75) is 25.8 Å². The summed E-state index contributed by atoms with van der Waals surface area (Å²) in [5, 5.41) is 3.74. The third-order valence-corrected chi connectivity index (χ3v) is 4.66. The summed E-state index contributed by atoms with van der Waals surface area (Å²) >= 11 is 2.40. The summed E-state index contributed by atoms with van der Waals surface area (Å²) < 4.78 is 1.29.